The zero-order valence-electron chi connectivity index (χ0n) is 10.8. The summed E-state index contributed by atoms with van der Waals surface area (Å²) < 4.78 is 1.73. The van der Waals surface area contributed by atoms with Crippen molar-refractivity contribution in [3.63, 3.8) is 0 Å². The standard InChI is InChI=1S/C8H12.C5H5.C3H7.Ir/c1-2-4-6-8-7-5-3-1;1-2-4-5-3-1;1-3-2;/h1-2,7-8H,3-6H2;1-3H,4H2;1,3H2,2H3;/b2-1-,8-7-;;;. The van der Waals surface area contributed by atoms with Crippen molar-refractivity contribution in [3.05, 3.63) is 46.6 Å². The maximum absolute atomic E-state index is 2.30. The van der Waals surface area contributed by atoms with Gasteiger partial charge in [0.2, 0.25) is 0 Å². The van der Waals surface area contributed by atoms with E-state index in [1.807, 2.05) is 0 Å². The van der Waals surface area contributed by atoms with Crippen molar-refractivity contribution in [2.24, 2.45) is 0 Å². The summed E-state index contributed by atoms with van der Waals surface area (Å²) in [5, 5.41) is 0. The van der Waals surface area contributed by atoms with Crippen LogP contribution in [0.2, 0.25) is 4.93 Å². The van der Waals surface area contributed by atoms with E-state index in [2.05, 4.69) is 49.5 Å². The Morgan fingerprint density at radius 1 is 0.941 bits per heavy atom. The van der Waals surface area contributed by atoms with Gasteiger partial charge in [0.05, 0.1) is 0 Å². The second-order valence-corrected chi connectivity index (χ2v) is 7.68. The Hall–Kier alpha value is -0.391. The number of rotatable bonds is 3. The molecule has 0 aromatic carbocycles. The first-order valence-electron chi connectivity index (χ1n) is 6.63. The van der Waals surface area contributed by atoms with Crippen molar-refractivity contribution in [3.8, 4) is 0 Å². The fourth-order valence-corrected chi connectivity index (χ4v) is 4.05. The average Bonchev–Trinajstić information content (AvgIpc) is 2.79. The molecule has 2 aliphatic carbocycles. The van der Waals surface area contributed by atoms with Crippen molar-refractivity contribution in [1.82, 2.24) is 0 Å². The Balaban J connectivity index is 0.000000171. The van der Waals surface area contributed by atoms with Crippen LogP contribution in [0.1, 0.15) is 45.4 Å². The molecule has 1 heteroatoms. The molecular formula is C16H24Ir. The van der Waals surface area contributed by atoms with Crippen LogP contribution in [0.3, 0.4) is 0 Å². The molecule has 2 aliphatic rings. The van der Waals surface area contributed by atoms with E-state index in [-0.39, 0.29) is 0 Å². The monoisotopic (exact) mass is 409 g/mol. The van der Waals surface area contributed by atoms with E-state index >= 15 is 0 Å². The van der Waals surface area contributed by atoms with Gasteiger partial charge in [0.1, 0.15) is 0 Å². The van der Waals surface area contributed by atoms with E-state index in [0.717, 1.165) is 0 Å². The first-order valence-corrected chi connectivity index (χ1v) is 9.52. The summed E-state index contributed by atoms with van der Waals surface area (Å²) in [7, 11) is 0. The van der Waals surface area contributed by atoms with E-state index in [0.29, 0.717) is 17.7 Å². The summed E-state index contributed by atoms with van der Waals surface area (Å²) in [6.45, 7) is 2.27. The van der Waals surface area contributed by atoms with Crippen molar-refractivity contribution in [2.75, 3.05) is 0 Å². The third kappa shape index (κ3) is 8.35. The molecule has 17 heavy (non-hydrogen) atoms. The molecule has 0 amide bonds. The van der Waals surface area contributed by atoms with Gasteiger partial charge in [-0.3, -0.25) is 0 Å². The van der Waals surface area contributed by atoms with Crippen LogP contribution in [0.4, 0.5) is 0 Å². The SMILES string of the molecule is C1=C\CC/C=C\CC/1.CC[CH2][Ir][C]1=CC=CC1. The molecule has 0 aliphatic heterocycles. The zero-order valence-corrected chi connectivity index (χ0v) is 13.2. The van der Waals surface area contributed by atoms with Gasteiger partial charge >= 0.3 is 64.7 Å². The van der Waals surface area contributed by atoms with Gasteiger partial charge < -0.3 is 0 Å². The molecule has 0 aromatic heterocycles. The molecule has 0 N–H and O–H groups in total. The van der Waals surface area contributed by atoms with Crippen LogP contribution in [0.15, 0.2) is 46.6 Å². The normalized spacial score (nSPS) is 22.1. The van der Waals surface area contributed by atoms with Crippen LogP contribution < -0.4 is 0 Å². The molecule has 0 nitrogen and oxygen atoms in total. The van der Waals surface area contributed by atoms with Crippen molar-refractivity contribution >= 4 is 0 Å². The topological polar surface area (TPSA) is 0 Å². The average molecular weight is 409 g/mol. The molecule has 0 saturated carbocycles. The Bertz CT molecular complexity index is 269. The van der Waals surface area contributed by atoms with Gasteiger partial charge in [0.15, 0.2) is 0 Å². The molecule has 0 heterocycles. The zero-order chi connectivity index (χ0) is 12.2. The molecule has 0 fully saturated rings. The van der Waals surface area contributed by atoms with Crippen LogP contribution in [-0.4, -0.2) is 0 Å². The Kier molecular flexibility index (Phi) is 9.27. The van der Waals surface area contributed by atoms with Gasteiger partial charge in [-0.25, -0.2) is 0 Å². The van der Waals surface area contributed by atoms with Gasteiger partial charge in [0, 0.05) is 0 Å². The molecule has 0 atom stereocenters. The molecule has 0 aromatic rings. The third-order valence-corrected chi connectivity index (χ3v) is 6.22. The van der Waals surface area contributed by atoms with Crippen molar-refractivity contribution in [2.45, 2.75) is 50.4 Å². The second-order valence-electron chi connectivity index (χ2n) is 4.10. The van der Waals surface area contributed by atoms with Gasteiger partial charge in [-0.2, -0.15) is 0 Å². The van der Waals surface area contributed by atoms with Crippen LogP contribution in [0.5, 0.6) is 0 Å². The van der Waals surface area contributed by atoms with E-state index in [1.165, 1.54) is 43.5 Å². The summed E-state index contributed by atoms with van der Waals surface area (Å²) >= 11 is 0.299. The summed E-state index contributed by atoms with van der Waals surface area (Å²) in [4.78, 5) is 1.48. The number of hydrogen-bond acceptors (Lipinski definition) is 0. The molecule has 2 rings (SSSR count). The first kappa shape index (κ1) is 14.7. The Labute approximate surface area is 115 Å². The third-order valence-electron chi connectivity index (χ3n) is 2.44. The van der Waals surface area contributed by atoms with E-state index in [1.54, 1.807) is 4.09 Å². The fourth-order valence-electron chi connectivity index (χ4n) is 1.55. The molecule has 0 saturated heterocycles. The van der Waals surface area contributed by atoms with Gasteiger partial charge in [-0.15, -0.1) is 0 Å². The fraction of sp³-hybridized carbons (Fsp3) is 0.500. The first-order chi connectivity index (χ1) is 8.43. The predicted octanol–water partition coefficient (Wildman–Crippen LogP) is 5.41. The molecule has 0 spiro atoms. The Morgan fingerprint density at radius 3 is 1.94 bits per heavy atom. The van der Waals surface area contributed by atoms with Crippen molar-refractivity contribution in [1.29, 1.82) is 0 Å². The number of allylic oxidation sites excluding steroid dienone is 8. The quantitative estimate of drug-likeness (QED) is 0.548. The van der Waals surface area contributed by atoms with E-state index in [4.69, 9.17) is 0 Å². The maximum atomic E-state index is 2.30. The van der Waals surface area contributed by atoms with Gasteiger partial charge in [0.25, 0.3) is 0 Å². The van der Waals surface area contributed by atoms with Gasteiger partial charge in [-0.1, -0.05) is 24.3 Å². The molecule has 0 unspecified atom stereocenters. The predicted molar refractivity (Wildman–Crippen MR) is 73.7 cm³/mol. The van der Waals surface area contributed by atoms with E-state index in [9.17, 15) is 0 Å². The Morgan fingerprint density at radius 2 is 1.53 bits per heavy atom. The molecule has 0 radical (unpaired) electrons. The molecule has 97 valence electrons. The van der Waals surface area contributed by atoms with Crippen LogP contribution in [0.25, 0.3) is 0 Å². The van der Waals surface area contributed by atoms with E-state index < -0.39 is 0 Å². The molecular weight excluding hydrogens is 384 g/mol. The number of hydrogen-bond donors (Lipinski definition) is 0. The van der Waals surface area contributed by atoms with Crippen molar-refractivity contribution < 1.29 is 17.7 Å². The van der Waals surface area contributed by atoms with Gasteiger partial charge in [-0.05, 0) is 25.7 Å². The molecule has 0 bridgehead atoms. The second kappa shape index (κ2) is 10.7. The summed E-state index contributed by atoms with van der Waals surface area (Å²) in [5.41, 5.74) is 0. The minimum atomic E-state index is 0.299. The summed E-state index contributed by atoms with van der Waals surface area (Å²) in [5.74, 6) is 0. The summed E-state index contributed by atoms with van der Waals surface area (Å²) in [6.07, 6.45) is 23.4. The van der Waals surface area contributed by atoms with Crippen LogP contribution in [-0.2, 0) is 17.7 Å². The minimum absolute atomic E-state index is 0.299. The summed E-state index contributed by atoms with van der Waals surface area (Å²) in [6, 6.07) is 0. The van der Waals surface area contributed by atoms with Crippen LogP contribution in [0, 0.1) is 0 Å². The van der Waals surface area contributed by atoms with Crippen LogP contribution >= 0.6 is 0 Å².